The Morgan fingerprint density at radius 1 is 0.852 bits per heavy atom. The molecule has 0 aliphatic heterocycles. The van der Waals surface area contributed by atoms with Crippen molar-refractivity contribution in [1.29, 1.82) is 0 Å². The zero-order valence-corrected chi connectivity index (χ0v) is 15.8. The van der Waals surface area contributed by atoms with Crippen molar-refractivity contribution in [2.24, 2.45) is 0 Å². The van der Waals surface area contributed by atoms with Gasteiger partial charge in [0, 0.05) is 0 Å². The maximum Gasteiger partial charge on any atom is 0.229 e. The molecule has 0 fully saturated rings. The predicted molar refractivity (Wildman–Crippen MR) is 107 cm³/mol. The first-order valence-electron chi connectivity index (χ1n) is 8.85. The van der Waals surface area contributed by atoms with Crippen LogP contribution in [0.5, 0.6) is 0 Å². The number of imidazole rings is 1. The number of nitrogens with zero attached hydrogens (tertiary/aromatic N) is 2. The predicted octanol–water partition coefficient (Wildman–Crippen LogP) is 4.62. The fraction of sp³-hybridized carbons (Fsp3) is 0.136. The summed E-state index contributed by atoms with van der Waals surface area (Å²) in [6.45, 7) is 2.17. The molecule has 0 amide bonds. The number of benzene rings is 3. The largest absolute Gasteiger partial charge is 0.310 e. The number of aromatic nitrogens is 2. The van der Waals surface area contributed by atoms with Crippen molar-refractivity contribution in [3.05, 3.63) is 96.1 Å². The Morgan fingerprint density at radius 2 is 1.44 bits per heavy atom. The van der Waals surface area contributed by atoms with Gasteiger partial charge in [0.1, 0.15) is 0 Å². The Morgan fingerprint density at radius 3 is 2.15 bits per heavy atom. The van der Waals surface area contributed by atoms with Crippen LogP contribution in [0, 0.1) is 0 Å². The SMILES string of the molecule is CC(c1ccccc1)S(=O)(=O)c1nc2ccccc2n1Cc1ccccc1. The standard InChI is InChI=1S/C22H20N2O2S/c1-17(19-12-6-3-7-13-19)27(25,26)22-23-20-14-8-9-15-21(20)24(22)16-18-10-4-2-5-11-18/h2-15,17H,16H2,1H3. The molecule has 4 aromatic rings. The van der Waals surface area contributed by atoms with Crippen LogP contribution in [-0.4, -0.2) is 18.0 Å². The zero-order valence-electron chi connectivity index (χ0n) is 15.0. The molecule has 0 aliphatic carbocycles. The van der Waals surface area contributed by atoms with Gasteiger partial charge in [0.25, 0.3) is 0 Å². The van der Waals surface area contributed by atoms with Crippen LogP contribution < -0.4 is 0 Å². The summed E-state index contributed by atoms with van der Waals surface area (Å²) in [5.41, 5.74) is 3.30. The van der Waals surface area contributed by atoms with Gasteiger partial charge in [0.05, 0.1) is 22.8 Å². The lowest BCUT2D eigenvalue weighted by Gasteiger charge is -2.15. The van der Waals surface area contributed by atoms with Crippen molar-refractivity contribution in [2.45, 2.75) is 23.9 Å². The summed E-state index contributed by atoms with van der Waals surface area (Å²) in [5, 5.41) is -0.561. The van der Waals surface area contributed by atoms with Crippen LogP contribution in [-0.2, 0) is 16.4 Å². The third-order valence-electron chi connectivity index (χ3n) is 4.79. The fourth-order valence-electron chi connectivity index (χ4n) is 3.25. The van der Waals surface area contributed by atoms with Crippen molar-refractivity contribution < 1.29 is 8.42 Å². The van der Waals surface area contributed by atoms with Crippen LogP contribution in [0.25, 0.3) is 11.0 Å². The molecule has 27 heavy (non-hydrogen) atoms. The minimum atomic E-state index is -3.65. The van der Waals surface area contributed by atoms with Gasteiger partial charge in [0.2, 0.25) is 15.0 Å². The number of rotatable bonds is 5. The molecule has 0 bridgehead atoms. The van der Waals surface area contributed by atoms with E-state index in [0.29, 0.717) is 12.1 Å². The van der Waals surface area contributed by atoms with Crippen LogP contribution in [0.4, 0.5) is 0 Å². The molecule has 0 aliphatic rings. The Kier molecular flexibility index (Phi) is 4.54. The quantitative estimate of drug-likeness (QED) is 0.511. The van der Waals surface area contributed by atoms with Gasteiger partial charge in [-0.2, -0.15) is 0 Å². The monoisotopic (exact) mass is 376 g/mol. The fourth-order valence-corrected chi connectivity index (χ4v) is 4.78. The average molecular weight is 376 g/mol. The molecular weight excluding hydrogens is 356 g/mol. The second-order valence-corrected chi connectivity index (χ2v) is 8.72. The molecule has 3 aromatic carbocycles. The van der Waals surface area contributed by atoms with Crippen molar-refractivity contribution in [3.8, 4) is 0 Å². The number of para-hydroxylation sites is 2. The minimum Gasteiger partial charge on any atom is -0.310 e. The summed E-state index contributed by atoms with van der Waals surface area (Å²) in [5.74, 6) is 0. The minimum absolute atomic E-state index is 0.115. The lowest BCUT2D eigenvalue weighted by atomic mass is 10.2. The second-order valence-electron chi connectivity index (χ2n) is 6.55. The first-order chi connectivity index (χ1) is 13.1. The molecule has 1 unspecified atom stereocenters. The van der Waals surface area contributed by atoms with Crippen molar-refractivity contribution in [3.63, 3.8) is 0 Å². The first-order valence-corrected chi connectivity index (χ1v) is 10.4. The molecule has 5 heteroatoms. The molecule has 1 heterocycles. The summed E-state index contributed by atoms with van der Waals surface area (Å²) in [4.78, 5) is 4.50. The molecule has 0 saturated heterocycles. The van der Waals surface area contributed by atoms with Gasteiger partial charge >= 0.3 is 0 Å². The van der Waals surface area contributed by atoms with Gasteiger partial charge in [-0.05, 0) is 30.2 Å². The van der Waals surface area contributed by atoms with Crippen molar-refractivity contribution >= 4 is 20.9 Å². The van der Waals surface area contributed by atoms with Gasteiger partial charge in [-0.3, -0.25) is 0 Å². The van der Waals surface area contributed by atoms with E-state index in [1.807, 2.05) is 84.9 Å². The molecule has 1 aromatic heterocycles. The smallest absolute Gasteiger partial charge is 0.229 e. The molecule has 0 radical (unpaired) electrons. The topological polar surface area (TPSA) is 52.0 Å². The number of fused-ring (bicyclic) bond motifs is 1. The normalized spacial score (nSPS) is 12.9. The highest BCUT2D eigenvalue weighted by Gasteiger charge is 2.30. The molecule has 0 saturated carbocycles. The summed E-state index contributed by atoms with van der Waals surface area (Å²) in [6.07, 6.45) is 0. The summed E-state index contributed by atoms with van der Waals surface area (Å²) >= 11 is 0. The van der Waals surface area contributed by atoms with E-state index in [4.69, 9.17) is 0 Å². The van der Waals surface area contributed by atoms with E-state index in [1.165, 1.54) is 0 Å². The summed E-state index contributed by atoms with van der Waals surface area (Å²) in [7, 11) is -3.65. The van der Waals surface area contributed by atoms with Gasteiger partial charge in [-0.25, -0.2) is 13.4 Å². The molecule has 1 atom stereocenters. The van der Waals surface area contributed by atoms with Gasteiger partial charge < -0.3 is 4.57 Å². The third-order valence-corrected chi connectivity index (χ3v) is 6.82. The molecular formula is C22H20N2O2S. The van der Waals surface area contributed by atoms with Crippen molar-refractivity contribution in [1.82, 2.24) is 9.55 Å². The number of hydrogen-bond acceptors (Lipinski definition) is 3. The Balaban J connectivity index is 1.87. The highest BCUT2D eigenvalue weighted by atomic mass is 32.2. The molecule has 136 valence electrons. The van der Waals surface area contributed by atoms with Gasteiger partial charge in [-0.1, -0.05) is 72.8 Å². The highest BCUT2D eigenvalue weighted by molar-refractivity contribution is 7.91. The third kappa shape index (κ3) is 3.26. The van der Waals surface area contributed by atoms with Crippen LogP contribution in [0.3, 0.4) is 0 Å². The van der Waals surface area contributed by atoms with E-state index >= 15 is 0 Å². The molecule has 0 N–H and O–H groups in total. The first kappa shape index (κ1) is 17.5. The maximum absolute atomic E-state index is 13.4. The average Bonchev–Trinajstić information content (AvgIpc) is 3.08. The van der Waals surface area contributed by atoms with Gasteiger partial charge in [-0.15, -0.1) is 0 Å². The summed E-state index contributed by atoms with van der Waals surface area (Å²) in [6, 6.07) is 26.7. The van der Waals surface area contributed by atoms with Crippen LogP contribution >= 0.6 is 0 Å². The van der Waals surface area contributed by atoms with Crippen molar-refractivity contribution in [2.75, 3.05) is 0 Å². The number of sulfone groups is 1. The number of hydrogen-bond donors (Lipinski definition) is 0. The molecule has 0 spiro atoms. The summed E-state index contributed by atoms with van der Waals surface area (Å²) < 4.78 is 28.7. The van der Waals surface area contributed by atoms with Crippen LogP contribution in [0.15, 0.2) is 90.1 Å². The van der Waals surface area contributed by atoms with Crippen LogP contribution in [0.1, 0.15) is 23.3 Å². The van der Waals surface area contributed by atoms with Gasteiger partial charge in [0.15, 0.2) is 0 Å². The van der Waals surface area contributed by atoms with E-state index in [-0.39, 0.29) is 5.16 Å². The Labute approximate surface area is 159 Å². The molecule has 4 rings (SSSR count). The molecule has 4 nitrogen and oxygen atoms in total. The second kappa shape index (κ2) is 7.00. The van der Waals surface area contributed by atoms with E-state index in [0.717, 1.165) is 16.6 Å². The van der Waals surface area contributed by atoms with E-state index in [2.05, 4.69) is 4.98 Å². The maximum atomic E-state index is 13.4. The van der Waals surface area contributed by atoms with E-state index in [9.17, 15) is 8.42 Å². The Hall–Kier alpha value is -2.92. The van der Waals surface area contributed by atoms with E-state index in [1.54, 1.807) is 11.5 Å². The van der Waals surface area contributed by atoms with Crippen LogP contribution in [0.2, 0.25) is 0 Å². The zero-order chi connectivity index (χ0) is 18.9. The highest BCUT2D eigenvalue weighted by Crippen LogP contribution is 2.30. The van der Waals surface area contributed by atoms with E-state index < -0.39 is 15.1 Å². The Bertz CT molecular complexity index is 1170. The lowest BCUT2D eigenvalue weighted by Crippen LogP contribution is -2.17. The lowest BCUT2D eigenvalue weighted by molar-refractivity contribution is 0.565.